The summed E-state index contributed by atoms with van der Waals surface area (Å²) in [5.74, 6) is 0.480. The molecular weight excluding hydrogens is 326 g/mol. The molecule has 0 unspecified atom stereocenters. The van der Waals surface area contributed by atoms with Gasteiger partial charge in [-0.15, -0.1) is 11.6 Å². The van der Waals surface area contributed by atoms with E-state index in [2.05, 4.69) is 10.3 Å². The lowest BCUT2D eigenvalue weighted by Gasteiger charge is -2.08. The number of halogens is 1. The van der Waals surface area contributed by atoms with E-state index in [1.165, 1.54) is 0 Å². The number of amides is 1. The quantitative estimate of drug-likeness (QED) is 0.423. The zero-order chi connectivity index (χ0) is 17.1. The number of benzene rings is 2. The largest absolute Gasteiger partial charge is 0.451 e. The third kappa shape index (κ3) is 3.41. The molecule has 0 bridgehead atoms. The maximum absolute atomic E-state index is 12.4. The highest BCUT2D eigenvalue weighted by atomic mass is 35.5. The number of nitrogens with one attached hydrogen (secondary N) is 1. The van der Waals surface area contributed by atoms with E-state index in [-0.39, 0.29) is 17.5 Å². The number of furan rings is 1. The number of amidine groups is 1. The van der Waals surface area contributed by atoms with E-state index in [9.17, 15) is 4.79 Å². The van der Waals surface area contributed by atoms with Crippen LogP contribution in [0.3, 0.4) is 0 Å². The van der Waals surface area contributed by atoms with Gasteiger partial charge in [0.15, 0.2) is 5.76 Å². The third-order valence-corrected chi connectivity index (χ3v) is 3.79. The summed E-state index contributed by atoms with van der Waals surface area (Å²) in [7, 11) is 0. The van der Waals surface area contributed by atoms with E-state index in [4.69, 9.17) is 21.8 Å². The van der Waals surface area contributed by atoms with Crippen molar-refractivity contribution in [1.82, 2.24) is 0 Å². The van der Waals surface area contributed by atoms with Crippen LogP contribution < -0.4 is 11.1 Å². The van der Waals surface area contributed by atoms with Gasteiger partial charge in [0.25, 0.3) is 5.91 Å². The third-order valence-electron chi connectivity index (χ3n) is 3.52. The van der Waals surface area contributed by atoms with Gasteiger partial charge >= 0.3 is 0 Å². The van der Waals surface area contributed by atoms with Crippen molar-refractivity contribution >= 4 is 45.7 Å². The van der Waals surface area contributed by atoms with Gasteiger partial charge in [-0.05, 0) is 42.8 Å². The molecule has 0 aliphatic rings. The summed E-state index contributed by atoms with van der Waals surface area (Å²) in [5, 5.41) is 3.73. The molecule has 0 spiro atoms. The topological polar surface area (TPSA) is 80.6 Å². The summed E-state index contributed by atoms with van der Waals surface area (Å²) < 4.78 is 5.57. The summed E-state index contributed by atoms with van der Waals surface area (Å²) in [6.45, 7) is 1.88. The van der Waals surface area contributed by atoms with Crippen LogP contribution in [-0.4, -0.2) is 17.6 Å². The van der Waals surface area contributed by atoms with Crippen LogP contribution in [0.2, 0.25) is 0 Å². The molecule has 0 saturated heterocycles. The molecule has 1 aromatic heterocycles. The zero-order valence-corrected chi connectivity index (χ0v) is 13.8. The first-order valence-electron chi connectivity index (χ1n) is 7.36. The highest BCUT2D eigenvalue weighted by molar-refractivity contribution is 6.28. The van der Waals surface area contributed by atoms with E-state index in [1.807, 2.05) is 37.3 Å². The first-order valence-corrected chi connectivity index (χ1v) is 7.90. The Kier molecular flexibility index (Phi) is 4.53. The first-order chi connectivity index (χ1) is 11.6. The number of anilines is 1. The van der Waals surface area contributed by atoms with Gasteiger partial charge in [-0.1, -0.05) is 18.2 Å². The number of carbonyl (C=O) groups is 1. The summed E-state index contributed by atoms with van der Waals surface area (Å²) in [4.78, 5) is 16.6. The second-order valence-corrected chi connectivity index (χ2v) is 5.61. The number of para-hydroxylation sites is 1. The lowest BCUT2D eigenvalue weighted by Crippen LogP contribution is -2.12. The summed E-state index contributed by atoms with van der Waals surface area (Å²) in [6.07, 6.45) is 0. The molecule has 0 aliphatic carbocycles. The molecule has 0 radical (unpaired) electrons. The maximum atomic E-state index is 12.4. The van der Waals surface area contributed by atoms with E-state index >= 15 is 0 Å². The van der Waals surface area contributed by atoms with Gasteiger partial charge in [0.05, 0.1) is 11.6 Å². The second-order valence-electron chi connectivity index (χ2n) is 5.34. The number of rotatable bonds is 4. The summed E-state index contributed by atoms with van der Waals surface area (Å²) >= 11 is 5.62. The van der Waals surface area contributed by atoms with Gasteiger partial charge in [-0.25, -0.2) is 4.99 Å². The van der Waals surface area contributed by atoms with Crippen LogP contribution in [0.1, 0.15) is 16.1 Å². The Bertz CT molecular complexity index is 898. The number of carbonyl (C=O) groups excluding carboxylic acids is 1. The standard InChI is InChI=1S/C18H16ClN3O2/c1-11-8-13(21-17(20)10-19)6-7-14(11)22-18(23)16-9-12-4-2-3-5-15(12)24-16/h2-9H,10H2,1H3,(H2,20,21)(H,22,23). The summed E-state index contributed by atoms with van der Waals surface area (Å²) in [5.41, 5.74) is 8.54. The highest BCUT2D eigenvalue weighted by Crippen LogP contribution is 2.24. The molecule has 0 saturated carbocycles. The predicted octanol–water partition coefficient (Wildman–Crippen LogP) is 4.22. The van der Waals surface area contributed by atoms with Crippen molar-refractivity contribution in [2.75, 3.05) is 11.2 Å². The minimum absolute atomic E-state index is 0.170. The average molecular weight is 342 g/mol. The second kappa shape index (κ2) is 6.76. The molecule has 24 heavy (non-hydrogen) atoms. The summed E-state index contributed by atoms with van der Waals surface area (Å²) in [6, 6.07) is 14.6. The Morgan fingerprint density at radius 3 is 2.75 bits per heavy atom. The van der Waals surface area contributed by atoms with Gasteiger partial charge in [-0.3, -0.25) is 4.79 Å². The minimum Gasteiger partial charge on any atom is -0.451 e. The molecule has 5 nitrogen and oxygen atoms in total. The number of hydrogen-bond donors (Lipinski definition) is 2. The van der Waals surface area contributed by atoms with Crippen LogP contribution >= 0.6 is 11.6 Å². The van der Waals surface area contributed by atoms with Crippen molar-refractivity contribution in [3.63, 3.8) is 0 Å². The Morgan fingerprint density at radius 2 is 2.04 bits per heavy atom. The van der Waals surface area contributed by atoms with Crippen molar-refractivity contribution in [3.8, 4) is 0 Å². The van der Waals surface area contributed by atoms with E-state index < -0.39 is 0 Å². The lowest BCUT2D eigenvalue weighted by molar-refractivity contribution is 0.0998. The molecule has 2 aromatic carbocycles. The number of hydrogen-bond acceptors (Lipinski definition) is 3. The van der Waals surface area contributed by atoms with Gasteiger partial charge < -0.3 is 15.5 Å². The van der Waals surface area contributed by atoms with Crippen LogP contribution in [0.15, 0.2) is 57.9 Å². The Balaban J connectivity index is 1.81. The van der Waals surface area contributed by atoms with Crippen LogP contribution in [-0.2, 0) is 0 Å². The molecule has 0 fully saturated rings. The smallest absolute Gasteiger partial charge is 0.291 e. The number of aryl methyl sites for hydroxylation is 1. The molecule has 0 aliphatic heterocycles. The van der Waals surface area contributed by atoms with Gasteiger partial charge in [0, 0.05) is 11.1 Å². The van der Waals surface area contributed by atoms with Crippen LogP contribution in [0.4, 0.5) is 11.4 Å². The fourth-order valence-corrected chi connectivity index (χ4v) is 2.39. The van der Waals surface area contributed by atoms with Crippen molar-refractivity contribution in [2.24, 2.45) is 10.7 Å². The molecule has 3 rings (SSSR count). The van der Waals surface area contributed by atoms with Crippen molar-refractivity contribution in [3.05, 3.63) is 59.9 Å². The number of nitrogens with two attached hydrogens (primary N) is 1. The molecule has 6 heteroatoms. The fourth-order valence-electron chi connectivity index (χ4n) is 2.33. The highest BCUT2D eigenvalue weighted by Gasteiger charge is 2.13. The fraction of sp³-hybridized carbons (Fsp3) is 0.111. The van der Waals surface area contributed by atoms with Crippen molar-refractivity contribution < 1.29 is 9.21 Å². The molecule has 0 atom stereocenters. The van der Waals surface area contributed by atoms with Gasteiger partial charge in [-0.2, -0.15) is 0 Å². The average Bonchev–Trinajstić information content (AvgIpc) is 3.01. The number of fused-ring (bicyclic) bond motifs is 1. The van der Waals surface area contributed by atoms with Gasteiger partial charge in [0.2, 0.25) is 0 Å². The monoisotopic (exact) mass is 341 g/mol. The SMILES string of the molecule is Cc1cc(N=C(N)CCl)ccc1NC(=O)c1cc2ccccc2o1. The lowest BCUT2D eigenvalue weighted by atomic mass is 10.1. The van der Waals surface area contributed by atoms with E-state index in [0.29, 0.717) is 22.8 Å². The minimum atomic E-state index is -0.300. The van der Waals surface area contributed by atoms with Crippen molar-refractivity contribution in [1.29, 1.82) is 0 Å². The normalized spacial score (nSPS) is 11.7. The van der Waals surface area contributed by atoms with Gasteiger partial charge in [0.1, 0.15) is 11.4 Å². The van der Waals surface area contributed by atoms with Crippen LogP contribution in [0, 0.1) is 6.92 Å². The van der Waals surface area contributed by atoms with Crippen LogP contribution in [0.5, 0.6) is 0 Å². The molecule has 1 amide bonds. The van der Waals surface area contributed by atoms with Crippen LogP contribution in [0.25, 0.3) is 11.0 Å². The molecular formula is C18H16ClN3O2. The molecule has 122 valence electrons. The number of alkyl halides is 1. The molecule has 3 N–H and O–H groups in total. The molecule has 3 aromatic rings. The van der Waals surface area contributed by atoms with E-state index in [0.717, 1.165) is 10.9 Å². The number of nitrogens with zero attached hydrogens (tertiary/aromatic N) is 1. The first kappa shape index (κ1) is 16.1. The Morgan fingerprint density at radius 1 is 1.25 bits per heavy atom. The predicted molar refractivity (Wildman–Crippen MR) is 97.3 cm³/mol. The van der Waals surface area contributed by atoms with Crippen molar-refractivity contribution in [2.45, 2.75) is 6.92 Å². The van der Waals surface area contributed by atoms with E-state index in [1.54, 1.807) is 18.2 Å². The molecule has 1 heterocycles. The Hall–Kier alpha value is -2.79. The Labute approximate surface area is 144 Å². The zero-order valence-electron chi connectivity index (χ0n) is 13.0. The number of aliphatic imine (C=N–C) groups is 1. The maximum Gasteiger partial charge on any atom is 0.291 e.